The first kappa shape index (κ1) is 13.2. The van der Waals surface area contributed by atoms with Crippen LogP contribution < -0.4 is 5.43 Å². The quantitative estimate of drug-likeness (QED) is 0.866. The molecule has 4 nitrogen and oxygen atoms in total. The van der Waals surface area contributed by atoms with Crippen molar-refractivity contribution in [1.82, 2.24) is 4.68 Å². The lowest BCUT2D eigenvalue weighted by Gasteiger charge is -2.17. The second kappa shape index (κ2) is 5.61. The van der Waals surface area contributed by atoms with Gasteiger partial charge in [0.15, 0.2) is 0 Å². The Bertz CT molecular complexity index is 541. The van der Waals surface area contributed by atoms with Gasteiger partial charge in [0.05, 0.1) is 0 Å². The number of nitrogens with one attached hydrogen (secondary N) is 1. The molecule has 1 aromatic carbocycles. The Balaban J connectivity index is 2.13. The van der Waals surface area contributed by atoms with E-state index in [1.54, 1.807) is 0 Å². The maximum Gasteiger partial charge on any atom is 0.312 e. The van der Waals surface area contributed by atoms with Crippen molar-refractivity contribution in [2.24, 2.45) is 0 Å². The summed E-state index contributed by atoms with van der Waals surface area (Å²) in [6, 6.07) is 13.3. The molecule has 1 heterocycles. The van der Waals surface area contributed by atoms with E-state index in [4.69, 9.17) is 0 Å². The number of rotatable bonds is 5. The fourth-order valence-corrected chi connectivity index (χ4v) is 2.13. The van der Waals surface area contributed by atoms with E-state index < -0.39 is 11.9 Å². The van der Waals surface area contributed by atoms with Gasteiger partial charge in [-0.3, -0.25) is 9.47 Å². The molecular formula is C15H18N2O2. The third-order valence-corrected chi connectivity index (χ3v) is 3.22. The number of carbonyl (C=O) groups is 1. The predicted octanol–water partition coefficient (Wildman–Crippen LogP) is 2.52. The normalized spacial score (nSPS) is 12.1. The van der Waals surface area contributed by atoms with E-state index in [0.29, 0.717) is 6.54 Å². The Kier molecular flexibility index (Phi) is 3.90. The highest BCUT2D eigenvalue weighted by molar-refractivity contribution is 5.76. The summed E-state index contributed by atoms with van der Waals surface area (Å²) < 4.78 is 1.92. The van der Waals surface area contributed by atoms with E-state index in [1.165, 1.54) is 0 Å². The number of benzene rings is 1. The molecule has 2 aromatic rings. The third kappa shape index (κ3) is 2.96. The van der Waals surface area contributed by atoms with Crippen LogP contribution in [0, 0.1) is 13.8 Å². The van der Waals surface area contributed by atoms with Crippen LogP contribution >= 0.6 is 0 Å². The molecular weight excluding hydrogens is 240 g/mol. The van der Waals surface area contributed by atoms with Crippen LogP contribution in [0.2, 0.25) is 0 Å². The lowest BCUT2D eigenvalue weighted by atomic mass is 10.00. The van der Waals surface area contributed by atoms with Gasteiger partial charge in [0.1, 0.15) is 5.92 Å². The number of hydrogen-bond acceptors (Lipinski definition) is 2. The molecule has 19 heavy (non-hydrogen) atoms. The number of aryl methyl sites for hydroxylation is 2. The van der Waals surface area contributed by atoms with E-state index in [9.17, 15) is 9.90 Å². The Morgan fingerprint density at radius 1 is 1.16 bits per heavy atom. The molecule has 0 aliphatic heterocycles. The molecule has 0 amide bonds. The monoisotopic (exact) mass is 258 g/mol. The zero-order chi connectivity index (χ0) is 13.8. The maximum absolute atomic E-state index is 11.4. The van der Waals surface area contributed by atoms with Crippen LogP contribution in [0.5, 0.6) is 0 Å². The molecule has 1 atom stereocenters. The van der Waals surface area contributed by atoms with Crippen molar-refractivity contribution in [3.8, 4) is 0 Å². The highest BCUT2D eigenvalue weighted by Crippen LogP contribution is 2.16. The molecule has 0 aliphatic rings. The smallest absolute Gasteiger partial charge is 0.312 e. The Morgan fingerprint density at radius 3 is 2.26 bits per heavy atom. The first-order valence-electron chi connectivity index (χ1n) is 6.26. The fourth-order valence-electron chi connectivity index (χ4n) is 2.13. The van der Waals surface area contributed by atoms with Crippen LogP contribution in [-0.2, 0) is 4.79 Å². The van der Waals surface area contributed by atoms with E-state index in [0.717, 1.165) is 17.0 Å². The SMILES string of the molecule is Cc1ccc(C)n1NCC(C(=O)O)c1ccccc1. The third-order valence-electron chi connectivity index (χ3n) is 3.22. The first-order chi connectivity index (χ1) is 9.09. The van der Waals surface area contributed by atoms with Crippen molar-refractivity contribution < 1.29 is 9.90 Å². The number of hydrogen-bond donors (Lipinski definition) is 2. The number of carboxylic acids is 1. The molecule has 100 valence electrons. The topological polar surface area (TPSA) is 54.3 Å². The minimum Gasteiger partial charge on any atom is -0.481 e. The lowest BCUT2D eigenvalue weighted by Crippen LogP contribution is -2.27. The molecule has 2 N–H and O–H groups in total. The van der Waals surface area contributed by atoms with Gasteiger partial charge >= 0.3 is 5.97 Å². The average Bonchev–Trinajstić information content (AvgIpc) is 2.71. The zero-order valence-electron chi connectivity index (χ0n) is 11.1. The zero-order valence-corrected chi connectivity index (χ0v) is 11.1. The second-order valence-corrected chi connectivity index (χ2v) is 4.62. The van der Waals surface area contributed by atoms with Crippen molar-refractivity contribution in [2.75, 3.05) is 12.0 Å². The van der Waals surface area contributed by atoms with Crippen LogP contribution in [0.3, 0.4) is 0 Å². The molecule has 1 unspecified atom stereocenters. The van der Waals surface area contributed by atoms with Crippen molar-refractivity contribution in [3.63, 3.8) is 0 Å². The van der Waals surface area contributed by atoms with Gasteiger partial charge in [-0.05, 0) is 31.5 Å². The lowest BCUT2D eigenvalue weighted by molar-refractivity contribution is -0.138. The van der Waals surface area contributed by atoms with Crippen molar-refractivity contribution in [2.45, 2.75) is 19.8 Å². The number of aliphatic carboxylic acids is 1. The molecule has 0 saturated carbocycles. The molecule has 0 bridgehead atoms. The highest BCUT2D eigenvalue weighted by Gasteiger charge is 2.19. The van der Waals surface area contributed by atoms with Crippen molar-refractivity contribution in [1.29, 1.82) is 0 Å². The summed E-state index contributed by atoms with van der Waals surface area (Å²) in [5, 5.41) is 9.34. The number of carboxylic acid groups (broad SMARTS) is 1. The standard InChI is InChI=1S/C15H18N2O2/c1-11-8-9-12(2)17(11)16-10-14(15(18)19)13-6-4-3-5-7-13/h3-9,14,16H,10H2,1-2H3,(H,18,19). The van der Waals surface area contributed by atoms with Crippen LogP contribution in [0.25, 0.3) is 0 Å². The Morgan fingerprint density at radius 2 is 1.74 bits per heavy atom. The van der Waals surface area contributed by atoms with Crippen LogP contribution in [0.4, 0.5) is 0 Å². The van der Waals surface area contributed by atoms with E-state index >= 15 is 0 Å². The molecule has 1 aromatic heterocycles. The van der Waals surface area contributed by atoms with Gasteiger partial charge in [0.2, 0.25) is 0 Å². The van der Waals surface area contributed by atoms with Crippen LogP contribution in [-0.4, -0.2) is 22.3 Å². The average molecular weight is 258 g/mol. The molecule has 4 heteroatoms. The Labute approximate surface area is 112 Å². The summed E-state index contributed by atoms with van der Waals surface area (Å²) >= 11 is 0. The Hall–Kier alpha value is -2.23. The van der Waals surface area contributed by atoms with Crippen LogP contribution in [0.15, 0.2) is 42.5 Å². The summed E-state index contributed by atoms with van der Waals surface area (Å²) in [5.74, 6) is -1.37. The van der Waals surface area contributed by atoms with Gasteiger partial charge in [-0.1, -0.05) is 30.3 Å². The number of aromatic nitrogens is 1. The molecule has 0 aliphatic carbocycles. The predicted molar refractivity (Wildman–Crippen MR) is 75.0 cm³/mol. The van der Waals surface area contributed by atoms with Gasteiger partial charge in [0.25, 0.3) is 0 Å². The molecule has 0 fully saturated rings. The summed E-state index contributed by atoms with van der Waals surface area (Å²) in [7, 11) is 0. The molecule has 0 radical (unpaired) electrons. The fraction of sp³-hybridized carbons (Fsp3) is 0.267. The largest absolute Gasteiger partial charge is 0.481 e. The van der Waals surface area contributed by atoms with Crippen LogP contribution in [0.1, 0.15) is 22.9 Å². The van der Waals surface area contributed by atoms with Gasteiger partial charge in [-0.25, -0.2) is 0 Å². The van der Waals surface area contributed by atoms with Crippen molar-refractivity contribution >= 4 is 5.97 Å². The first-order valence-corrected chi connectivity index (χ1v) is 6.26. The molecule has 0 spiro atoms. The van der Waals surface area contributed by atoms with Gasteiger partial charge in [0, 0.05) is 17.9 Å². The molecule has 0 saturated heterocycles. The van der Waals surface area contributed by atoms with E-state index in [-0.39, 0.29) is 0 Å². The second-order valence-electron chi connectivity index (χ2n) is 4.62. The van der Waals surface area contributed by atoms with Gasteiger partial charge in [-0.15, -0.1) is 0 Å². The highest BCUT2D eigenvalue weighted by atomic mass is 16.4. The van der Waals surface area contributed by atoms with Gasteiger partial charge < -0.3 is 10.5 Å². The van der Waals surface area contributed by atoms with E-state index in [1.807, 2.05) is 61.0 Å². The minimum atomic E-state index is -0.818. The van der Waals surface area contributed by atoms with Gasteiger partial charge in [-0.2, -0.15) is 0 Å². The molecule has 2 rings (SSSR count). The van der Waals surface area contributed by atoms with Crippen molar-refractivity contribution in [3.05, 3.63) is 59.4 Å². The maximum atomic E-state index is 11.4. The summed E-state index contributed by atoms with van der Waals surface area (Å²) in [5.41, 5.74) is 6.12. The summed E-state index contributed by atoms with van der Waals surface area (Å²) in [4.78, 5) is 11.4. The minimum absolute atomic E-state index is 0.357. The number of nitrogens with zero attached hydrogens (tertiary/aromatic N) is 1. The summed E-state index contributed by atoms with van der Waals surface area (Å²) in [6.07, 6.45) is 0. The van der Waals surface area contributed by atoms with E-state index in [2.05, 4.69) is 5.43 Å². The summed E-state index contributed by atoms with van der Waals surface area (Å²) in [6.45, 7) is 4.33.